The second kappa shape index (κ2) is 6.07. The first-order valence-electron chi connectivity index (χ1n) is 5.74. The predicted octanol–water partition coefficient (Wildman–Crippen LogP) is 2.56. The Morgan fingerprint density at radius 3 is 2.61 bits per heavy atom. The average molecular weight is 272 g/mol. The SMILES string of the molecule is Cc1cc(OCC(N)C(=O)O)c(C(C)C)cc1Cl. The molecule has 100 valence electrons. The van der Waals surface area contributed by atoms with Gasteiger partial charge in [0.05, 0.1) is 0 Å². The van der Waals surface area contributed by atoms with E-state index in [4.69, 9.17) is 27.2 Å². The van der Waals surface area contributed by atoms with Crippen molar-refractivity contribution < 1.29 is 14.6 Å². The summed E-state index contributed by atoms with van der Waals surface area (Å²) in [7, 11) is 0. The van der Waals surface area contributed by atoms with E-state index in [1.807, 2.05) is 32.9 Å². The van der Waals surface area contributed by atoms with E-state index < -0.39 is 12.0 Å². The molecule has 3 N–H and O–H groups in total. The molecule has 0 saturated carbocycles. The Morgan fingerprint density at radius 2 is 2.11 bits per heavy atom. The third-order valence-electron chi connectivity index (χ3n) is 2.65. The van der Waals surface area contributed by atoms with Gasteiger partial charge in [0.1, 0.15) is 18.4 Å². The number of nitrogens with two attached hydrogens (primary N) is 1. The average Bonchev–Trinajstić information content (AvgIpc) is 2.29. The van der Waals surface area contributed by atoms with Crippen LogP contribution in [0.15, 0.2) is 12.1 Å². The van der Waals surface area contributed by atoms with Gasteiger partial charge in [0.25, 0.3) is 0 Å². The molecule has 0 aliphatic rings. The second-order valence-corrected chi connectivity index (χ2v) is 4.96. The maximum Gasteiger partial charge on any atom is 0.324 e. The van der Waals surface area contributed by atoms with Gasteiger partial charge in [-0.25, -0.2) is 0 Å². The monoisotopic (exact) mass is 271 g/mol. The van der Waals surface area contributed by atoms with Crippen LogP contribution in [0.25, 0.3) is 0 Å². The summed E-state index contributed by atoms with van der Waals surface area (Å²) in [4.78, 5) is 10.6. The van der Waals surface area contributed by atoms with Gasteiger partial charge in [0.15, 0.2) is 0 Å². The van der Waals surface area contributed by atoms with Crippen LogP contribution in [0.5, 0.6) is 5.75 Å². The second-order valence-electron chi connectivity index (χ2n) is 4.55. The van der Waals surface area contributed by atoms with Gasteiger partial charge < -0.3 is 15.6 Å². The van der Waals surface area contributed by atoms with E-state index in [0.29, 0.717) is 10.8 Å². The highest BCUT2D eigenvalue weighted by atomic mass is 35.5. The summed E-state index contributed by atoms with van der Waals surface area (Å²) in [6, 6.07) is 2.64. The van der Waals surface area contributed by atoms with Crippen LogP contribution >= 0.6 is 11.6 Å². The number of benzene rings is 1. The summed E-state index contributed by atoms with van der Waals surface area (Å²) in [5.41, 5.74) is 7.24. The van der Waals surface area contributed by atoms with Crippen molar-refractivity contribution in [1.29, 1.82) is 0 Å². The highest BCUT2D eigenvalue weighted by molar-refractivity contribution is 6.31. The largest absolute Gasteiger partial charge is 0.491 e. The number of rotatable bonds is 5. The highest BCUT2D eigenvalue weighted by Crippen LogP contribution is 2.31. The van der Waals surface area contributed by atoms with E-state index >= 15 is 0 Å². The lowest BCUT2D eigenvalue weighted by molar-refractivity contribution is -0.139. The number of hydrogen-bond acceptors (Lipinski definition) is 3. The summed E-state index contributed by atoms with van der Waals surface area (Å²) < 4.78 is 5.49. The van der Waals surface area contributed by atoms with Crippen molar-refractivity contribution >= 4 is 17.6 Å². The van der Waals surface area contributed by atoms with Crippen LogP contribution in [0.4, 0.5) is 0 Å². The van der Waals surface area contributed by atoms with Gasteiger partial charge in [-0.15, -0.1) is 0 Å². The minimum Gasteiger partial charge on any atom is -0.491 e. The lowest BCUT2D eigenvalue weighted by atomic mass is 10.0. The Morgan fingerprint density at radius 1 is 1.50 bits per heavy atom. The van der Waals surface area contributed by atoms with Gasteiger partial charge in [-0.2, -0.15) is 0 Å². The first kappa shape index (κ1) is 14.8. The smallest absolute Gasteiger partial charge is 0.324 e. The van der Waals surface area contributed by atoms with Gasteiger partial charge in [-0.05, 0) is 36.1 Å². The molecule has 0 heterocycles. The maximum absolute atomic E-state index is 10.6. The Balaban J connectivity index is 2.93. The molecule has 1 aromatic rings. The number of carboxylic acids is 1. The van der Waals surface area contributed by atoms with E-state index in [1.165, 1.54) is 0 Å². The predicted molar refractivity (Wildman–Crippen MR) is 71.4 cm³/mol. The van der Waals surface area contributed by atoms with Gasteiger partial charge in [0, 0.05) is 5.02 Å². The number of halogens is 1. The first-order valence-corrected chi connectivity index (χ1v) is 6.12. The zero-order chi connectivity index (χ0) is 13.9. The van der Waals surface area contributed by atoms with Crippen molar-refractivity contribution in [1.82, 2.24) is 0 Å². The molecule has 0 aromatic heterocycles. The molecular weight excluding hydrogens is 254 g/mol. The summed E-state index contributed by atoms with van der Waals surface area (Å²) in [5.74, 6) is -0.200. The Hall–Kier alpha value is -1.26. The number of aliphatic carboxylic acids is 1. The minimum atomic E-state index is -1.08. The van der Waals surface area contributed by atoms with E-state index in [0.717, 1.165) is 11.1 Å². The van der Waals surface area contributed by atoms with Crippen molar-refractivity contribution in [3.8, 4) is 5.75 Å². The molecule has 0 fully saturated rings. The molecule has 0 amide bonds. The summed E-state index contributed by atoms with van der Waals surface area (Å²) >= 11 is 6.07. The van der Waals surface area contributed by atoms with Crippen LogP contribution in [0.1, 0.15) is 30.9 Å². The normalized spacial score (nSPS) is 12.6. The molecule has 5 heteroatoms. The van der Waals surface area contributed by atoms with E-state index in [1.54, 1.807) is 0 Å². The van der Waals surface area contributed by atoms with Crippen molar-refractivity contribution in [3.05, 3.63) is 28.3 Å². The Labute approximate surface area is 112 Å². The minimum absolute atomic E-state index is 0.0594. The molecule has 1 aromatic carbocycles. The van der Waals surface area contributed by atoms with Crippen molar-refractivity contribution in [2.45, 2.75) is 32.7 Å². The van der Waals surface area contributed by atoms with Crippen LogP contribution in [0.3, 0.4) is 0 Å². The lowest BCUT2D eigenvalue weighted by Crippen LogP contribution is -2.36. The number of carbonyl (C=O) groups is 1. The van der Waals surface area contributed by atoms with Gasteiger partial charge in [0.2, 0.25) is 0 Å². The van der Waals surface area contributed by atoms with Crippen LogP contribution in [-0.2, 0) is 4.79 Å². The third-order valence-corrected chi connectivity index (χ3v) is 3.06. The third kappa shape index (κ3) is 3.62. The van der Waals surface area contributed by atoms with E-state index in [-0.39, 0.29) is 12.5 Å². The van der Waals surface area contributed by atoms with Crippen LogP contribution in [0, 0.1) is 6.92 Å². The number of hydrogen-bond donors (Lipinski definition) is 2. The summed E-state index contributed by atoms with van der Waals surface area (Å²) in [6.07, 6.45) is 0. The van der Waals surface area contributed by atoms with Crippen molar-refractivity contribution in [2.24, 2.45) is 5.73 Å². The number of aryl methyl sites for hydroxylation is 1. The quantitative estimate of drug-likeness (QED) is 0.863. The topological polar surface area (TPSA) is 72.5 Å². The molecule has 0 aliphatic heterocycles. The maximum atomic E-state index is 10.6. The standard InChI is InChI=1S/C13H18ClNO3/c1-7(2)9-5-10(14)8(3)4-12(9)18-6-11(15)13(16)17/h4-5,7,11H,6,15H2,1-3H3,(H,16,17). The summed E-state index contributed by atoms with van der Waals surface area (Å²) in [5, 5.41) is 9.39. The number of ether oxygens (including phenoxy) is 1. The first-order chi connectivity index (χ1) is 8.32. The molecule has 0 aliphatic carbocycles. The van der Waals surface area contributed by atoms with Gasteiger partial charge in [-0.1, -0.05) is 25.4 Å². The van der Waals surface area contributed by atoms with E-state index in [2.05, 4.69) is 0 Å². The van der Waals surface area contributed by atoms with Crippen LogP contribution < -0.4 is 10.5 Å². The van der Waals surface area contributed by atoms with Crippen LogP contribution in [0.2, 0.25) is 5.02 Å². The fourth-order valence-electron chi connectivity index (χ4n) is 1.50. The molecular formula is C13H18ClNO3. The highest BCUT2D eigenvalue weighted by Gasteiger charge is 2.15. The van der Waals surface area contributed by atoms with Crippen LogP contribution in [-0.4, -0.2) is 23.7 Å². The lowest BCUT2D eigenvalue weighted by Gasteiger charge is -2.17. The molecule has 0 radical (unpaired) electrons. The fourth-order valence-corrected chi connectivity index (χ4v) is 1.67. The molecule has 0 bridgehead atoms. The van der Waals surface area contributed by atoms with Gasteiger partial charge in [-0.3, -0.25) is 4.79 Å². The Kier molecular flexibility index (Phi) is 4.99. The summed E-state index contributed by atoms with van der Waals surface area (Å²) in [6.45, 7) is 5.85. The molecule has 4 nitrogen and oxygen atoms in total. The van der Waals surface area contributed by atoms with Gasteiger partial charge >= 0.3 is 5.97 Å². The Bertz CT molecular complexity index is 446. The molecule has 0 saturated heterocycles. The molecule has 1 rings (SSSR count). The zero-order valence-electron chi connectivity index (χ0n) is 10.7. The molecule has 0 spiro atoms. The molecule has 18 heavy (non-hydrogen) atoms. The molecule has 1 atom stereocenters. The fraction of sp³-hybridized carbons (Fsp3) is 0.462. The van der Waals surface area contributed by atoms with E-state index in [9.17, 15) is 4.79 Å². The zero-order valence-corrected chi connectivity index (χ0v) is 11.5. The number of carboxylic acid groups (broad SMARTS) is 1. The van der Waals surface area contributed by atoms with Crippen molar-refractivity contribution in [3.63, 3.8) is 0 Å². The molecule has 1 unspecified atom stereocenters. The van der Waals surface area contributed by atoms with Crippen molar-refractivity contribution in [2.75, 3.05) is 6.61 Å².